The largest absolute Gasteiger partial charge is 0.381 e. The highest BCUT2D eigenvalue weighted by molar-refractivity contribution is 4.89. The van der Waals surface area contributed by atoms with Crippen LogP contribution in [0.1, 0.15) is 52.9 Å². The van der Waals surface area contributed by atoms with Crippen molar-refractivity contribution in [3.63, 3.8) is 0 Å². The molecular weight excluding hydrogens is 248 g/mol. The molecule has 0 saturated carbocycles. The van der Waals surface area contributed by atoms with Crippen molar-refractivity contribution in [2.45, 2.75) is 58.9 Å². The van der Waals surface area contributed by atoms with E-state index in [1.165, 1.54) is 51.7 Å². The van der Waals surface area contributed by atoms with Gasteiger partial charge in [-0.15, -0.1) is 0 Å². The van der Waals surface area contributed by atoms with E-state index in [1.807, 2.05) is 0 Å². The minimum Gasteiger partial charge on any atom is -0.381 e. The molecule has 1 N–H and O–H groups in total. The maximum atomic E-state index is 5.61. The van der Waals surface area contributed by atoms with E-state index in [-0.39, 0.29) is 0 Å². The van der Waals surface area contributed by atoms with E-state index in [2.05, 4.69) is 31.0 Å². The molecule has 3 heteroatoms. The number of hydrogen-bond acceptors (Lipinski definition) is 3. The van der Waals surface area contributed by atoms with Crippen LogP contribution in [0.5, 0.6) is 0 Å². The molecule has 0 aliphatic carbocycles. The van der Waals surface area contributed by atoms with Gasteiger partial charge in [-0.25, -0.2) is 0 Å². The van der Waals surface area contributed by atoms with Gasteiger partial charge in [0.15, 0.2) is 0 Å². The second-order valence-electron chi connectivity index (χ2n) is 7.28. The Labute approximate surface area is 125 Å². The van der Waals surface area contributed by atoms with Crippen molar-refractivity contribution in [2.75, 3.05) is 39.4 Å². The molecule has 3 nitrogen and oxygen atoms in total. The van der Waals surface area contributed by atoms with Crippen LogP contribution >= 0.6 is 0 Å². The zero-order valence-corrected chi connectivity index (χ0v) is 13.8. The molecule has 2 fully saturated rings. The highest BCUT2D eigenvalue weighted by Crippen LogP contribution is 2.32. The van der Waals surface area contributed by atoms with E-state index in [1.54, 1.807) is 0 Å². The molecule has 0 atom stereocenters. The zero-order chi connectivity index (χ0) is 14.4. The Bertz CT molecular complexity index is 266. The van der Waals surface area contributed by atoms with Gasteiger partial charge in [0.1, 0.15) is 0 Å². The molecule has 2 aliphatic rings. The van der Waals surface area contributed by atoms with Gasteiger partial charge in [0.2, 0.25) is 0 Å². The summed E-state index contributed by atoms with van der Waals surface area (Å²) in [5.41, 5.74) is 0.446. The summed E-state index contributed by atoms with van der Waals surface area (Å²) in [6.07, 6.45) is 6.62. The number of nitrogens with one attached hydrogen (secondary N) is 1. The summed E-state index contributed by atoms with van der Waals surface area (Å²) in [7, 11) is 0. The molecular formula is C17H34N2O. The van der Waals surface area contributed by atoms with Crippen molar-refractivity contribution in [2.24, 2.45) is 11.3 Å². The quantitative estimate of drug-likeness (QED) is 0.811. The van der Waals surface area contributed by atoms with E-state index in [9.17, 15) is 0 Å². The van der Waals surface area contributed by atoms with Crippen LogP contribution in [0.3, 0.4) is 0 Å². The first-order valence-corrected chi connectivity index (χ1v) is 8.67. The first kappa shape index (κ1) is 16.3. The Balaban J connectivity index is 1.87. The Hall–Kier alpha value is -0.120. The lowest BCUT2D eigenvalue weighted by molar-refractivity contribution is -0.0105. The lowest BCUT2D eigenvalue weighted by Gasteiger charge is -2.43. The van der Waals surface area contributed by atoms with Crippen molar-refractivity contribution in [3.8, 4) is 0 Å². The van der Waals surface area contributed by atoms with Crippen LogP contribution in [0, 0.1) is 11.3 Å². The second-order valence-corrected chi connectivity index (χ2v) is 7.28. The van der Waals surface area contributed by atoms with Crippen LogP contribution in [-0.4, -0.2) is 50.3 Å². The summed E-state index contributed by atoms with van der Waals surface area (Å²) in [6.45, 7) is 13.8. The molecule has 0 aromatic rings. The third kappa shape index (κ3) is 4.71. The van der Waals surface area contributed by atoms with Gasteiger partial charge in [-0.3, -0.25) is 0 Å². The van der Waals surface area contributed by atoms with Crippen molar-refractivity contribution in [3.05, 3.63) is 0 Å². The summed E-state index contributed by atoms with van der Waals surface area (Å²) >= 11 is 0. The molecule has 0 bridgehead atoms. The van der Waals surface area contributed by atoms with Crippen molar-refractivity contribution < 1.29 is 4.74 Å². The highest BCUT2D eigenvalue weighted by Gasteiger charge is 2.35. The SMILES string of the molecule is CCC1CCN(CC2(CNC(C)C)CCOCC2)CC1. The fraction of sp³-hybridized carbons (Fsp3) is 1.00. The summed E-state index contributed by atoms with van der Waals surface area (Å²) in [5.74, 6) is 0.977. The molecule has 2 rings (SSSR count). The number of rotatable bonds is 6. The fourth-order valence-corrected chi connectivity index (χ4v) is 3.64. The lowest BCUT2D eigenvalue weighted by atomic mass is 9.78. The van der Waals surface area contributed by atoms with Crippen molar-refractivity contribution in [1.82, 2.24) is 10.2 Å². The number of piperidine rings is 1. The molecule has 2 aliphatic heterocycles. The van der Waals surface area contributed by atoms with Gasteiger partial charge in [0.25, 0.3) is 0 Å². The Morgan fingerprint density at radius 1 is 1.20 bits per heavy atom. The first-order chi connectivity index (χ1) is 9.63. The molecule has 0 aromatic heterocycles. The van der Waals surface area contributed by atoms with Gasteiger partial charge in [-0.2, -0.15) is 0 Å². The van der Waals surface area contributed by atoms with Crippen LogP contribution in [0.15, 0.2) is 0 Å². The number of hydrogen-bond donors (Lipinski definition) is 1. The summed E-state index contributed by atoms with van der Waals surface area (Å²) < 4.78 is 5.61. The predicted octanol–water partition coefficient (Wildman–Crippen LogP) is 2.90. The molecule has 2 saturated heterocycles. The predicted molar refractivity (Wildman–Crippen MR) is 85.1 cm³/mol. The van der Waals surface area contributed by atoms with Crippen LogP contribution in [0.25, 0.3) is 0 Å². The number of likely N-dealkylation sites (tertiary alicyclic amines) is 1. The van der Waals surface area contributed by atoms with E-state index >= 15 is 0 Å². The van der Waals surface area contributed by atoms with Gasteiger partial charge in [-0.1, -0.05) is 27.2 Å². The van der Waals surface area contributed by atoms with Crippen LogP contribution in [0.2, 0.25) is 0 Å². The highest BCUT2D eigenvalue weighted by atomic mass is 16.5. The Morgan fingerprint density at radius 3 is 2.40 bits per heavy atom. The first-order valence-electron chi connectivity index (χ1n) is 8.67. The summed E-state index contributed by atoms with van der Waals surface area (Å²) in [4.78, 5) is 2.72. The molecule has 0 amide bonds. The number of ether oxygens (including phenoxy) is 1. The molecule has 0 radical (unpaired) electrons. The van der Waals surface area contributed by atoms with Crippen molar-refractivity contribution >= 4 is 0 Å². The fourth-order valence-electron chi connectivity index (χ4n) is 3.64. The maximum Gasteiger partial charge on any atom is 0.0472 e. The van der Waals surface area contributed by atoms with Gasteiger partial charge < -0.3 is 15.0 Å². The Morgan fingerprint density at radius 2 is 1.85 bits per heavy atom. The Kier molecular flexibility index (Phi) is 6.31. The minimum atomic E-state index is 0.446. The van der Waals surface area contributed by atoms with Gasteiger partial charge in [-0.05, 0) is 50.1 Å². The van der Waals surface area contributed by atoms with E-state index in [4.69, 9.17) is 4.74 Å². The molecule has 0 spiro atoms. The van der Waals surface area contributed by atoms with Crippen LogP contribution in [-0.2, 0) is 4.74 Å². The van der Waals surface area contributed by atoms with E-state index in [0.717, 1.165) is 25.7 Å². The molecule has 0 aromatic carbocycles. The summed E-state index contributed by atoms with van der Waals surface area (Å²) in [6, 6.07) is 0.584. The third-order valence-corrected chi connectivity index (χ3v) is 5.28. The van der Waals surface area contributed by atoms with E-state index < -0.39 is 0 Å². The average Bonchev–Trinajstić information content (AvgIpc) is 2.47. The molecule has 0 unspecified atom stereocenters. The standard InChI is InChI=1S/C17H34N2O/c1-4-16-5-9-19(10-6-16)14-17(13-18-15(2)3)7-11-20-12-8-17/h15-16,18H,4-14H2,1-3H3. The van der Waals surface area contributed by atoms with Gasteiger partial charge >= 0.3 is 0 Å². The zero-order valence-electron chi connectivity index (χ0n) is 13.8. The average molecular weight is 282 g/mol. The van der Waals surface area contributed by atoms with E-state index in [0.29, 0.717) is 11.5 Å². The topological polar surface area (TPSA) is 24.5 Å². The lowest BCUT2D eigenvalue weighted by Crippen LogP contribution is -2.50. The minimum absolute atomic E-state index is 0.446. The van der Waals surface area contributed by atoms with Crippen LogP contribution < -0.4 is 5.32 Å². The summed E-state index contributed by atoms with van der Waals surface area (Å²) in [5, 5.41) is 3.68. The third-order valence-electron chi connectivity index (χ3n) is 5.28. The monoisotopic (exact) mass is 282 g/mol. The van der Waals surface area contributed by atoms with Gasteiger partial charge in [0.05, 0.1) is 0 Å². The smallest absolute Gasteiger partial charge is 0.0472 e. The number of nitrogens with zero attached hydrogens (tertiary/aromatic N) is 1. The second kappa shape index (κ2) is 7.77. The van der Waals surface area contributed by atoms with Crippen molar-refractivity contribution in [1.29, 1.82) is 0 Å². The van der Waals surface area contributed by atoms with Gasteiger partial charge in [0, 0.05) is 32.3 Å². The molecule has 118 valence electrons. The van der Waals surface area contributed by atoms with Crippen LogP contribution in [0.4, 0.5) is 0 Å². The normalized spacial score (nSPS) is 25.2. The molecule has 20 heavy (non-hydrogen) atoms. The molecule has 2 heterocycles. The maximum absolute atomic E-state index is 5.61.